The normalized spacial score (nSPS) is 16.0. The lowest BCUT2D eigenvalue weighted by atomic mass is 10.1. The summed E-state index contributed by atoms with van der Waals surface area (Å²) in [5.41, 5.74) is 0.0160. The summed E-state index contributed by atoms with van der Waals surface area (Å²) in [6, 6.07) is 7.20. The van der Waals surface area contributed by atoms with Crippen LogP contribution in [0.4, 0.5) is 0 Å². The van der Waals surface area contributed by atoms with Crippen LogP contribution < -0.4 is 11.2 Å². The van der Waals surface area contributed by atoms with Crippen LogP contribution in [0.15, 0.2) is 33.9 Å². The van der Waals surface area contributed by atoms with Crippen LogP contribution in [0, 0.1) is 0 Å². The highest BCUT2D eigenvalue weighted by Gasteiger charge is 2.14. The summed E-state index contributed by atoms with van der Waals surface area (Å²) in [7, 11) is 0. The van der Waals surface area contributed by atoms with Crippen LogP contribution in [-0.2, 0) is 13.1 Å². The van der Waals surface area contributed by atoms with E-state index in [-0.39, 0.29) is 24.4 Å². The van der Waals surface area contributed by atoms with Gasteiger partial charge in [-0.05, 0) is 38.1 Å². The van der Waals surface area contributed by atoms with E-state index in [1.54, 1.807) is 16.7 Å². The van der Waals surface area contributed by atoms with Crippen LogP contribution in [0.3, 0.4) is 0 Å². The van der Waals surface area contributed by atoms with Crippen molar-refractivity contribution in [2.75, 3.05) is 26.2 Å². The molecule has 1 N–H and O–H groups in total. The molecule has 124 valence electrons. The molecular weight excluding hydrogens is 294 g/mol. The number of likely N-dealkylation sites (tertiary alicyclic amines) is 1. The molecule has 23 heavy (non-hydrogen) atoms. The summed E-state index contributed by atoms with van der Waals surface area (Å²) in [6.45, 7) is 3.32. The van der Waals surface area contributed by atoms with Gasteiger partial charge < -0.3 is 10.0 Å². The molecule has 3 rings (SSSR count). The number of aromatic nitrogens is 2. The summed E-state index contributed by atoms with van der Waals surface area (Å²) in [4.78, 5) is 27.5. The molecule has 1 aromatic carbocycles. The molecule has 2 heterocycles. The van der Waals surface area contributed by atoms with Gasteiger partial charge in [0.2, 0.25) is 0 Å². The summed E-state index contributed by atoms with van der Waals surface area (Å²) in [6.07, 6.45) is 3.69. The summed E-state index contributed by atoms with van der Waals surface area (Å²) in [5.74, 6) is 0. The Labute approximate surface area is 134 Å². The molecule has 0 spiro atoms. The van der Waals surface area contributed by atoms with E-state index in [2.05, 4.69) is 4.90 Å². The van der Waals surface area contributed by atoms with E-state index in [4.69, 9.17) is 5.11 Å². The Morgan fingerprint density at radius 3 is 2.39 bits per heavy atom. The van der Waals surface area contributed by atoms with Crippen LogP contribution in [-0.4, -0.2) is 45.4 Å². The molecule has 0 radical (unpaired) electrons. The number of piperidine rings is 1. The van der Waals surface area contributed by atoms with E-state index in [1.807, 2.05) is 12.1 Å². The van der Waals surface area contributed by atoms with Crippen molar-refractivity contribution < 1.29 is 5.11 Å². The minimum atomic E-state index is -0.334. The predicted molar refractivity (Wildman–Crippen MR) is 89.8 cm³/mol. The zero-order valence-corrected chi connectivity index (χ0v) is 13.3. The Morgan fingerprint density at radius 1 is 0.913 bits per heavy atom. The van der Waals surface area contributed by atoms with Gasteiger partial charge in [-0.3, -0.25) is 13.9 Å². The summed E-state index contributed by atoms with van der Waals surface area (Å²) < 4.78 is 2.81. The summed E-state index contributed by atoms with van der Waals surface area (Å²) in [5, 5.41) is 9.68. The number of hydrogen-bond donors (Lipinski definition) is 1. The van der Waals surface area contributed by atoms with E-state index in [9.17, 15) is 9.59 Å². The zero-order valence-electron chi connectivity index (χ0n) is 13.3. The van der Waals surface area contributed by atoms with E-state index in [0.29, 0.717) is 17.4 Å². The predicted octanol–water partition coefficient (Wildman–Crippen LogP) is 0.641. The molecule has 0 amide bonds. The lowest BCUT2D eigenvalue weighted by Gasteiger charge is -2.26. The van der Waals surface area contributed by atoms with Crippen molar-refractivity contribution in [1.29, 1.82) is 0 Å². The third-order valence-corrected chi connectivity index (χ3v) is 4.54. The van der Waals surface area contributed by atoms with Crippen molar-refractivity contribution in [3.8, 4) is 0 Å². The number of fused-ring (bicyclic) bond motifs is 1. The fourth-order valence-electron chi connectivity index (χ4n) is 3.31. The third-order valence-electron chi connectivity index (χ3n) is 4.54. The highest BCUT2D eigenvalue weighted by atomic mass is 16.3. The van der Waals surface area contributed by atoms with Gasteiger partial charge >= 0.3 is 5.69 Å². The molecule has 2 aromatic rings. The minimum Gasteiger partial charge on any atom is -0.395 e. The Bertz CT molecular complexity index is 788. The molecule has 0 aliphatic carbocycles. The van der Waals surface area contributed by atoms with Crippen LogP contribution in [0.25, 0.3) is 10.9 Å². The van der Waals surface area contributed by atoms with E-state index < -0.39 is 0 Å². The highest BCUT2D eigenvalue weighted by molar-refractivity contribution is 5.77. The molecule has 0 unspecified atom stereocenters. The highest BCUT2D eigenvalue weighted by Crippen LogP contribution is 2.10. The molecule has 1 aliphatic heterocycles. The van der Waals surface area contributed by atoms with Gasteiger partial charge in [-0.2, -0.15) is 0 Å². The Hall–Kier alpha value is -1.92. The molecule has 1 aromatic heterocycles. The number of hydrogen-bond acceptors (Lipinski definition) is 4. The molecule has 6 nitrogen and oxygen atoms in total. The van der Waals surface area contributed by atoms with Crippen LogP contribution >= 0.6 is 0 Å². The standard InChI is InChI=1S/C17H23N3O3/c21-13-12-20-16(22)14-6-2-3-7-15(14)19(17(20)23)11-10-18-8-4-1-5-9-18/h2-3,6-7,21H,1,4-5,8-13H2. The first-order chi connectivity index (χ1) is 11.2. The molecule has 1 aliphatic rings. The fourth-order valence-corrected chi connectivity index (χ4v) is 3.31. The number of nitrogens with zero attached hydrogens (tertiary/aromatic N) is 3. The maximum Gasteiger partial charge on any atom is 0.331 e. The van der Waals surface area contributed by atoms with Gasteiger partial charge in [0.05, 0.1) is 24.1 Å². The van der Waals surface area contributed by atoms with Gasteiger partial charge in [-0.1, -0.05) is 18.6 Å². The molecule has 1 saturated heterocycles. The first-order valence-corrected chi connectivity index (χ1v) is 8.28. The first kappa shape index (κ1) is 16.0. The number of aliphatic hydroxyl groups excluding tert-OH is 1. The van der Waals surface area contributed by atoms with Crippen molar-refractivity contribution in [3.63, 3.8) is 0 Å². The van der Waals surface area contributed by atoms with Crippen molar-refractivity contribution >= 4 is 10.9 Å². The fraction of sp³-hybridized carbons (Fsp3) is 0.529. The van der Waals surface area contributed by atoms with Gasteiger partial charge in [0.15, 0.2) is 0 Å². The van der Waals surface area contributed by atoms with Crippen molar-refractivity contribution in [2.24, 2.45) is 0 Å². The smallest absolute Gasteiger partial charge is 0.331 e. The van der Waals surface area contributed by atoms with Gasteiger partial charge in [0, 0.05) is 13.1 Å². The second kappa shape index (κ2) is 7.10. The SMILES string of the molecule is O=c1c2ccccc2n(CCN2CCCCC2)c(=O)n1CCO. The average molecular weight is 317 g/mol. The maximum atomic E-state index is 12.7. The van der Waals surface area contributed by atoms with Gasteiger partial charge in [-0.25, -0.2) is 4.79 Å². The van der Waals surface area contributed by atoms with Crippen molar-refractivity contribution in [3.05, 3.63) is 45.1 Å². The van der Waals surface area contributed by atoms with Gasteiger partial charge in [-0.15, -0.1) is 0 Å². The second-order valence-electron chi connectivity index (χ2n) is 6.03. The Kier molecular flexibility index (Phi) is 4.93. The van der Waals surface area contributed by atoms with E-state index >= 15 is 0 Å². The number of benzene rings is 1. The Balaban J connectivity index is 2.00. The maximum absolute atomic E-state index is 12.7. The topological polar surface area (TPSA) is 67.5 Å². The van der Waals surface area contributed by atoms with Crippen molar-refractivity contribution in [2.45, 2.75) is 32.4 Å². The number of para-hydroxylation sites is 1. The zero-order chi connectivity index (χ0) is 16.2. The third kappa shape index (κ3) is 3.23. The second-order valence-corrected chi connectivity index (χ2v) is 6.03. The van der Waals surface area contributed by atoms with Crippen molar-refractivity contribution in [1.82, 2.24) is 14.0 Å². The van der Waals surface area contributed by atoms with E-state index in [0.717, 1.165) is 24.2 Å². The van der Waals surface area contributed by atoms with Crippen LogP contribution in [0.1, 0.15) is 19.3 Å². The lowest BCUT2D eigenvalue weighted by molar-refractivity contribution is 0.219. The lowest BCUT2D eigenvalue weighted by Crippen LogP contribution is -2.42. The minimum absolute atomic E-state index is 0.0339. The van der Waals surface area contributed by atoms with Crippen LogP contribution in [0.5, 0.6) is 0 Å². The van der Waals surface area contributed by atoms with Gasteiger partial charge in [0.1, 0.15) is 0 Å². The number of rotatable bonds is 5. The molecule has 0 atom stereocenters. The molecular formula is C17H23N3O3. The largest absolute Gasteiger partial charge is 0.395 e. The average Bonchev–Trinajstić information content (AvgIpc) is 2.59. The number of aliphatic hydroxyl groups is 1. The molecule has 0 saturated carbocycles. The quantitative estimate of drug-likeness (QED) is 0.879. The van der Waals surface area contributed by atoms with E-state index in [1.165, 1.54) is 19.3 Å². The Morgan fingerprint density at radius 2 is 1.65 bits per heavy atom. The molecule has 6 heteroatoms. The molecule has 0 bridgehead atoms. The van der Waals surface area contributed by atoms with Gasteiger partial charge in [0.25, 0.3) is 5.56 Å². The summed E-state index contributed by atoms with van der Waals surface area (Å²) >= 11 is 0. The molecule has 1 fully saturated rings. The first-order valence-electron chi connectivity index (χ1n) is 8.28. The monoisotopic (exact) mass is 317 g/mol. The van der Waals surface area contributed by atoms with Crippen LogP contribution in [0.2, 0.25) is 0 Å².